The zero-order chi connectivity index (χ0) is 17.0. The summed E-state index contributed by atoms with van der Waals surface area (Å²) in [6.45, 7) is 5.63. The first-order valence-electron chi connectivity index (χ1n) is 8.13. The van der Waals surface area contributed by atoms with Crippen LogP contribution in [-0.2, 0) is 10.4 Å². The summed E-state index contributed by atoms with van der Waals surface area (Å²) in [5, 5.41) is 6.45. The van der Waals surface area contributed by atoms with Gasteiger partial charge in [-0.2, -0.15) is 0 Å². The van der Waals surface area contributed by atoms with Gasteiger partial charge in [0.25, 0.3) is 5.91 Å². The first-order valence-corrected chi connectivity index (χ1v) is 8.13. The van der Waals surface area contributed by atoms with Gasteiger partial charge >= 0.3 is 0 Å². The van der Waals surface area contributed by atoms with Gasteiger partial charge in [-0.05, 0) is 38.1 Å². The topological polar surface area (TPSA) is 59.6 Å². The second-order valence-corrected chi connectivity index (χ2v) is 5.82. The highest BCUT2D eigenvalue weighted by Gasteiger charge is 2.34. The lowest BCUT2D eigenvalue weighted by Gasteiger charge is -2.38. The Balaban J connectivity index is 1.80. The van der Waals surface area contributed by atoms with Gasteiger partial charge in [0.1, 0.15) is 18.0 Å². The maximum Gasteiger partial charge on any atom is 0.255 e. The third kappa shape index (κ3) is 3.36. The molecule has 5 nitrogen and oxygen atoms in total. The van der Waals surface area contributed by atoms with Gasteiger partial charge in [-0.25, -0.2) is 0 Å². The van der Waals surface area contributed by atoms with Crippen molar-refractivity contribution in [3.05, 3.63) is 59.7 Å². The monoisotopic (exact) mass is 326 g/mol. The van der Waals surface area contributed by atoms with Crippen molar-refractivity contribution < 1.29 is 14.3 Å². The van der Waals surface area contributed by atoms with Gasteiger partial charge in [-0.3, -0.25) is 4.79 Å². The van der Waals surface area contributed by atoms with Crippen LogP contribution in [0.15, 0.2) is 48.5 Å². The largest absolute Gasteiger partial charge is 0.491 e. The SMILES string of the molecule is CCOCCOc1cccc(C2(C)NC(=O)c3ccccc3N2)c1. The average Bonchev–Trinajstić information content (AvgIpc) is 2.59. The van der Waals surface area contributed by atoms with Gasteiger partial charge in [0.2, 0.25) is 0 Å². The summed E-state index contributed by atoms with van der Waals surface area (Å²) in [7, 11) is 0. The zero-order valence-electron chi connectivity index (χ0n) is 14.0. The number of para-hydroxylation sites is 1. The van der Waals surface area contributed by atoms with E-state index in [1.54, 1.807) is 0 Å². The fourth-order valence-electron chi connectivity index (χ4n) is 2.79. The van der Waals surface area contributed by atoms with Gasteiger partial charge in [0.15, 0.2) is 0 Å². The Morgan fingerprint density at radius 3 is 2.71 bits per heavy atom. The maximum absolute atomic E-state index is 12.4. The molecule has 0 bridgehead atoms. The Hall–Kier alpha value is -2.53. The van der Waals surface area contributed by atoms with Crippen LogP contribution in [0.2, 0.25) is 0 Å². The number of hydrogen-bond acceptors (Lipinski definition) is 4. The van der Waals surface area contributed by atoms with E-state index in [0.717, 1.165) is 17.0 Å². The molecule has 0 aliphatic carbocycles. The minimum absolute atomic E-state index is 0.0884. The quantitative estimate of drug-likeness (QED) is 0.801. The van der Waals surface area contributed by atoms with Crippen LogP contribution < -0.4 is 15.4 Å². The van der Waals surface area contributed by atoms with E-state index in [0.29, 0.717) is 25.4 Å². The van der Waals surface area contributed by atoms with E-state index in [2.05, 4.69) is 10.6 Å². The number of amides is 1. The highest BCUT2D eigenvalue weighted by molar-refractivity contribution is 6.02. The molecule has 1 aliphatic rings. The number of anilines is 1. The molecule has 1 amide bonds. The molecule has 0 aromatic heterocycles. The highest BCUT2D eigenvalue weighted by atomic mass is 16.5. The molecular formula is C19H22N2O3. The lowest BCUT2D eigenvalue weighted by molar-refractivity contribution is 0.0906. The van der Waals surface area contributed by atoms with Gasteiger partial charge < -0.3 is 20.1 Å². The van der Waals surface area contributed by atoms with Crippen LogP contribution in [0.25, 0.3) is 0 Å². The van der Waals surface area contributed by atoms with Crippen molar-refractivity contribution in [3.63, 3.8) is 0 Å². The molecule has 2 N–H and O–H groups in total. The molecule has 126 valence electrons. The molecule has 2 aromatic rings. The fraction of sp³-hybridized carbons (Fsp3) is 0.316. The predicted molar refractivity (Wildman–Crippen MR) is 93.3 cm³/mol. The van der Waals surface area contributed by atoms with Gasteiger partial charge in [0, 0.05) is 17.9 Å². The van der Waals surface area contributed by atoms with Crippen molar-refractivity contribution in [2.24, 2.45) is 0 Å². The Bertz CT molecular complexity index is 732. The van der Waals surface area contributed by atoms with Crippen molar-refractivity contribution in [2.45, 2.75) is 19.5 Å². The minimum Gasteiger partial charge on any atom is -0.491 e. The van der Waals surface area contributed by atoms with E-state index in [1.165, 1.54) is 0 Å². The molecule has 1 unspecified atom stereocenters. The fourth-order valence-corrected chi connectivity index (χ4v) is 2.79. The number of benzene rings is 2. The second-order valence-electron chi connectivity index (χ2n) is 5.82. The van der Waals surface area contributed by atoms with E-state index in [9.17, 15) is 4.79 Å². The molecule has 3 rings (SSSR count). The average molecular weight is 326 g/mol. The number of carbonyl (C=O) groups excluding carboxylic acids is 1. The summed E-state index contributed by atoms with van der Waals surface area (Å²) in [6, 6.07) is 15.2. The molecule has 0 radical (unpaired) electrons. The number of hydrogen-bond donors (Lipinski definition) is 2. The number of ether oxygens (including phenoxy) is 2. The first kappa shape index (κ1) is 16.3. The van der Waals surface area contributed by atoms with Crippen molar-refractivity contribution in [2.75, 3.05) is 25.1 Å². The number of fused-ring (bicyclic) bond motifs is 1. The van der Waals surface area contributed by atoms with Crippen molar-refractivity contribution in [1.82, 2.24) is 5.32 Å². The lowest BCUT2D eigenvalue weighted by Crippen LogP contribution is -2.52. The molecular weight excluding hydrogens is 304 g/mol. The van der Waals surface area contributed by atoms with Crippen molar-refractivity contribution in [1.29, 1.82) is 0 Å². The van der Waals surface area contributed by atoms with Crippen LogP contribution in [0, 0.1) is 0 Å². The summed E-state index contributed by atoms with van der Waals surface area (Å²) < 4.78 is 11.0. The standard InChI is InChI=1S/C19H22N2O3/c1-3-23-11-12-24-15-8-6-7-14(13-15)19(2)20-17-10-5-4-9-16(17)18(22)21-19/h4-10,13,20H,3,11-12H2,1-2H3,(H,21,22). The summed E-state index contributed by atoms with van der Waals surface area (Å²) in [4.78, 5) is 12.4. The molecule has 0 spiro atoms. The van der Waals surface area contributed by atoms with Crippen LogP contribution in [0.3, 0.4) is 0 Å². The third-order valence-corrected chi connectivity index (χ3v) is 4.03. The Labute approximate surface area is 142 Å². The third-order valence-electron chi connectivity index (χ3n) is 4.03. The summed E-state index contributed by atoms with van der Waals surface area (Å²) in [6.07, 6.45) is 0. The summed E-state index contributed by atoms with van der Waals surface area (Å²) in [5.74, 6) is 0.665. The van der Waals surface area contributed by atoms with Crippen molar-refractivity contribution in [3.8, 4) is 5.75 Å². The van der Waals surface area contributed by atoms with Gasteiger partial charge in [0.05, 0.1) is 12.2 Å². The molecule has 24 heavy (non-hydrogen) atoms. The molecule has 2 aromatic carbocycles. The lowest BCUT2D eigenvalue weighted by atomic mass is 9.96. The van der Waals surface area contributed by atoms with E-state index < -0.39 is 5.66 Å². The van der Waals surface area contributed by atoms with Crippen LogP contribution in [0.5, 0.6) is 5.75 Å². The van der Waals surface area contributed by atoms with E-state index in [4.69, 9.17) is 9.47 Å². The summed E-state index contributed by atoms with van der Waals surface area (Å²) >= 11 is 0. The second kappa shape index (κ2) is 6.93. The molecule has 1 aliphatic heterocycles. The van der Waals surface area contributed by atoms with Crippen molar-refractivity contribution >= 4 is 11.6 Å². The molecule has 0 saturated carbocycles. The smallest absolute Gasteiger partial charge is 0.255 e. The van der Waals surface area contributed by atoms with Crippen LogP contribution in [0.4, 0.5) is 5.69 Å². The van der Waals surface area contributed by atoms with E-state index >= 15 is 0 Å². The normalized spacial score (nSPS) is 19.2. The molecule has 1 heterocycles. The zero-order valence-corrected chi connectivity index (χ0v) is 14.0. The maximum atomic E-state index is 12.4. The first-order chi connectivity index (χ1) is 11.6. The molecule has 1 atom stereocenters. The molecule has 5 heteroatoms. The Morgan fingerprint density at radius 1 is 1.04 bits per heavy atom. The molecule has 0 fully saturated rings. The minimum atomic E-state index is -0.690. The Kier molecular flexibility index (Phi) is 4.71. The van der Waals surface area contributed by atoms with Gasteiger partial charge in [-0.1, -0.05) is 24.3 Å². The van der Waals surface area contributed by atoms with Crippen LogP contribution in [-0.4, -0.2) is 25.7 Å². The van der Waals surface area contributed by atoms with E-state index in [-0.39, 0.29) is 5.91 Å². The summed E-state index contributed by atoms with van der Waals surface area (Å²) in [5.41, 5.74) is 1.72. The predicted octanol–water partition coefficient (Wildman–Crippen LogP) is 3.13. The Morgan fingerprint density at radius 2 is 1.88 bits per heavy atom. The van der Waals surface area contributed by atoms with Gasteiger partial charge in [-0.15, -0.1) is 0 Å². The number of nitrogens with one attached hydrogen (secondary N) is 2. The van der Waals surface area contributed by atoms with Crippen LogP contribution >= 0.6 is 0 Å². The van der Waals surface area contributed by atoms with Crippen LogP contribution in [0.1, 0.15) is 29.8 Å². The highest BCUT2D eigenvalue weighted by Crippen LogP contribution is 2.32. The molecule has 0 saturated heterocycles. The van der Waals surface area contributed by atoms with E-state index in [1.807, 2.05) is 62.4 Å². The number of rotatable bonds is 6. The number of carbonyl (C=O) groups is 1.